The minimum Gasteiger partial charge on any atom is -0.393 e. The molecule has 0 saturated carbocycles. The number of carbonyl (C=O) groups excluding carboxylic acids is 1. The third-order valence-electron chi connectivity index (χ3n) is 2.37. The number of rotatable bonds is 6. The topological polar surface area (TPSA) is 92.5 Å². The summed E-state index contributed by atoms with van der Waals surface area (Å²) in [5, 5.41) is 22.2. The van der Waals surface area contributed by atoms with Gasteiger partial charge in [0.2, 0.25) is 5.91 Å². The highest BCUT2D eigenvalue weighted by atomic mass is 16.6. The number of nitro benzene ring substituents is 1. The van der Waals surface area contributed by atoms with Crippen molar-refractivity contribution in [3.05, 3.63) is 39.9 Å². The summed E-state index contributed by atoms with van der Waals surface area (Å²) in [5.74, 6) is -0.212. The third kappa shape index (κ3) is 4.92. The van der Waals surface area contributed by atoms with E-state index >= 15 is 0 Å². The molecule has 1 amide bonds. The summed E-state index contributed by atoms with van der Waals surface area (Å²) in [7, 11) is 0. The van der Waals surface area contributed by atoms with Crippen molar-refractivity contribution in [2.24, 2.45) is 0 Å². The molecule has 0 heterocycles. The van der Waals surface area contributed by atoms with Crippen molar-refractivity contribution in [2.75, 3.05) is 6.54 Å². The number of nitrogens with one attached hydrogen (secondary N) is 1. The zero-order valence-corrected chi connectivity index (χ0v) is 10.1. The van der Waals surface area contributed by atoms with E-state index in [1.165, 1.54) is 12.1 Å². The van der Waals surface area contributed by atoms with Gasteiger partial charge in [0.25, 0.3) is 5.69 Å². The first-order valence-corrected chi connectivity index (χ1v) is 5.67. The maximum atomic E-state index is 11.5. The molecule has 6 nitrogen and oxygen atoms in total. The molecular formula is C12H16N2O4. The van der Waals surface area contributed by atoms with Crippen LogP contribution in [0.1, 0.15) is 18.9 Å². The summed E-state index contributed by atoms with van der Waals surface area (Å²) in [6.07, 6.45) is 0.130. The van der Waals surface area contributed by atoms with Gasteiger partial charge >= 0.3 is 0 Å². The molecule has 0 radical (unpaired) electrons. The molecule has 1 aromatic carbocycles. The average molecular weight is 252 g/mol. The SMILES string of the molecule is CC(O)CCNC(=O)Cc1cccc([N+](=O)[O-])c1. The molecule has 0 aromatic heterocycles. The van der Waals surface area contributed by atoms with Crippen LogP contribution in [0.4, 0.5) is 5.69 Å². The first-order valence-electron chi connectivity index (χ1n) is 5.67. The van der Waals surface area contributed by atoms with Crippen LogP contribution in [0.2, 0.25) is 0 Å². The van der Waals surface area contributed by atoms with Crippen molar-refractivity contribution >= 4 is 11.6 Å². The van der Waals surface area contributed by atoms with Gasteiger partial charge in [0.05, 0.1) is 17.4 Å². The highest BCUT2D eigenvalue weighted by Crippen LogP contribution is 2.13. The molecule has 98 valence electrons. The van der Waals surface area contributed by atoms with E-state index in [0.717, 1.165) is 0 Å². The zero-order valence-electron chi connectivity index (χ0n) is 10.1. The summed E-state index contributed by atoms with van der Waals surface area (Å²) < 4.78 is 0. The number of hydrogen-bond donors (Lipinski definition) is 2. The Kier molecular flexibility index (Phi) is 5.26. The number of aliphatic hydroxyl groups excluding tert-OH is 1. The van der Waals surface area contributed by atoms with Crippen LogP contribution >= 0.6 is 0 Å². The lowest BCUT2D eigenvalue weighted by atomic mass is 10.1. The Morgan fingerprint density at radius 3 is 2.89 bits per heavy atom. The molecule has 0 fully saturated rings. The van der Waals surface area contributed by atoms with Gasteiger partial charge in [0.1, 0.15) is 0 Å². The normalized spacial score (nSPS) is 11.9. The maximum absolute atomic E-state index is 11.5. The van der Waals surface area contributed by atoms with E-state index in [-0.39, 0.29) is 18.0 Å². The van der Waals surface area contributed by atoms with E-state index in [1.54, 1.807) is 19.1 Å². The van der Waals surface area contributed by atoms with Crippen LogP contribution in [0.15, 0.2) is 24.3 Å². The Hall–Kier alpha value is -1.95. The van der Waals surface area contributed by atoms with Gasteiger partial charge in [0.15, 0.2) is 0 Å². The molecule has 1 aromatic rings. The van der Waals surface area contributed by atoms with Crippen molar-refractivity contribution < 1.29 is 14.8 Å². The molecule has 1 atom stereocenters. The van der Waals surface area contributed by atoms with Gasteiger partial charge in [-0.1, -0.05) is 12.1 Å². The van der Waals surface area contributed by atoms with Crippen LogP contribution in [0.25, 0.3) is 0 Å². The lowest BCUT2D eigenvalue weighted by Gasteiger charge is -2.06. The number of hydrogen-bond acceptors (Lipinski definition) is 4. The van der Waals surface area contributed by atoms with E-state index in [1.807, 2.05) is 0 Å². The second kappa shape index (κ2) is 6.70. The average Bonchev–Trinajstić information content (AvgIpc) is 2.28. The van der Waals surface area contributed by atoms with Crippen molar-refractivity contribution in [1.29, 1.82) is 0 Å². The molecule has 0 aliphatic carbocycles. The van der Waals surface area contributed by atoms with Crippen LogP contribution in [0.3, 0.4) is 0 Å². The van der Waals surface area contributed by atoms with Crippen molar-refractivity contribution in [2.45, 2.75) is 25.9 Å². The smallest absolute Gasteiger partial charge is 0.269 e. The van der Waals surface area contributed by atoms with E-state index in [0.29, 0.717) is 18.5 Å². The monoisotopic (exact) mass is 252 g/mol. The molecule has 1 rings (SSSR count). The lowest BCUT2D eigenvalue weighted by Crippen LogP contribution is -2.27. The number of nitrogens with zero attached hydrogens (tertiary/aromatic N) is 1. The summed E-state index contributed by atoms with van der Waals surface area (Å²) >= 11 is 0. The van der Waals surface area contributed by atoms with E-state index in [9.17, 15) is 14.9 Å². The minimum atomic E-state index is -0.491. The molecule has 0 spiro atoms. The van der Waals surface area contributed by atoms with Crippen molar-refractivity contribution in [1.82, 2.24) is 5.32 Å². The standard InChI is InChI=1S/C12H16N2O4/c1-9(15)5-6-13-12(16)8-10-3-2-4-11(7-10)14(17)18/h2-4,7,9,15H,5-6,8H2,1H3,(H,13,16). The van der Waals surface area contributed by atoms with Gasteiger partial charge in [-0.2, -0.15) is 0 Å². The van der Waals surface area contributed by atoms with Gasteiger partial charge in [-0.3, -0.25) is 14.9 Å². The Morgan fingerprint density at radius 2 is 2.28 bits per heavy atom. The fourth-order valence-corrected chi connectivity index (χ4v) is 1.45. The van der Waals surface area contributed by atoms with Crippen LogP contribution in [0.5, 0.6) is 0 Å². The molecule has 0 bridgehead atoms. The van der Waals surface area contributed by atoms with Crippen LogP contribution < -0.4 is 5.32 Å². The maximum Gasteiger partial charge on any atom is 0.269 e. The molecule has 0 aliphatic rings. The zero-order chi connectivity index (χ0) is 13.5. The quantitative estimate of drug-likeness (QED) is 0.584. The molecule has 6 heteroatoms. The highest BCUT2D eigenvalue weighted by molar-refractivity contribution is 5.78. The summed E-state index contributed by atoms with van der Waals surface area (Å²) in [4.78, 5) is 21.6. The molecule has 2 N–H and O–H groups in total. The van der Waals surface area contributed by atoms with Crippen LogP contribution in [-0.4, -0.2) is 28.6 Å². The number of carbonyl (C=O) groups is 1. The lowest BCUT2D eigenvalue weighted by molar-refractivity contribution is -0.384. The van der Waals surface area contributed by atoms with Crippen molar-refractivity contribution in [3.63, 3.8) is 0 Å². The largest absolute Gasteiger partial charge is 0.393 e. The Morgan fingerprint density at radius 1 is 1.56 bits per heavy atom. The number of nitro groups is 1. The highest BCUT2D eigenvalue weighted by Gasteiger charge is 2.08. The van der Waals surface area contributed by atoms with Crippen molar-refractivity contribution in [3.8, 4) is 0 Å². The van der Waals surface area contributed by atoms with Gasteiger partial charge in [-0.15, -0.1) is 0 Å². The third-order valence-corrected chi connectivity index (χ3v) is 2.37. The molecule has 18 heavy (non-hydrogen) atoms. The second-order valence-electron chi connectivity index (χ2n) is 4.09. The molecule has 1 unspecified atom stereocenters. The number of amides is 1. The fourth-order valence-electron chi connectivity index (χ4n) is 1.45. The van der Waals surface area contributed by atoms with E-state index in [2.05, 4.69) is 5.32 Å². The first-order chi connectivity index (χ1) is 8.49. The predicted molar refractivity (Wildman–Crippen MR) is 66.1 cm³/mol. The summed E-state index contributed by atoms with van der Waals surface area (Å²) in [6.45, 7) is 2.04. The van der Waals surface area contributed by atoms with Gasteiger partial charge < -0.3 is 10.4 Å². The Labute approximate surface area is 105 Å². The number of benzene rings is 1. The minimum absolute atomic E-state index is 0.0238. The Balaban J connectivity index is 2.49. The van der Waals surface area contributed by atoms with E-state index < -0.39 is 11.0 Å². The summed E-state index contributed by atoms with van der Waals surface area (Å²) in [5.41, 5.74) is 0.572. The molecule has 0 saturated heterocycles. The van der Waals surface area contributed by atoms with Gasteiger partial charge in [-0.25, -0.2) is 0 Å². The Bertz CT molecular complexity index is 432. The van der Waals surface area contributed by atoms with E-state index in [4.69, 9.17) is 5.11 Å². The van der Waals surface area contributed by atoms with Gasteiger partial charge in [-0.05, 0) is 18.9 Å². The molecule has 0 aliphatic heterocycles. The second-order valence-corrected chi connectivity index (χ2v) is 4.09. The number of non-ortho nitro benzene ring substituents is 1. The van der Waals surface area contributed by atoms with Crippen LogP contribution in [0, 0.1) is 10.1 Å². The van der Waals surface area contributed by atoms with Gasteiger partial charge in [0, 0.05) is 18.7 Å². The molecular weight excluding hydrogens is 236 g/mol. The first kappa shape index (κ1) is 14.1. The van der Waals surface area contributed by atoms with Crippen LogP contribution in [-0.2, 0) is 11.2 Å². The predicted octanol–water partition coefficient (Wildman–Crippen LogP) is 1.02. The fraction of sp³-hybridized carbons (Fsp3) is 0.417. The summed E-state index contributed by atoms with van der Waals surface area (Å²) in [6, 6.07) is 5.99. The number of aliphatic hydroxyl groups is 1.